The Morgan fingerprint density at radius 1 is 1.18 bits per heavy atom. The summed E-state index contributed by atoms with van der Waals surface area (Å²) >= 11 is 0. The van der Waals surface area contributed by atoms with Crippen molar-refractivity contribution in [3.8, 4) is 5.75 Å². The van der Waals surface area contributed by atoms with Crippen molar-refractivity contribution in [1.29, 1.82) is 0 Å². The molecule has 1 aromatic carbocycles. The Morgan fingerprint density at radius 2 is 1.91 bits per heavy atom. The Morgan fingerprint density at radius 3 is 2.64 bits per heavy atom. The van der Waals surface area contributed by atoms with Crippen molar-refractivity contribution in [2.45, 2.75) is 13.5 Å². The Hall–Kier alpha value is -2.56. The van der Waals surface area contributed by atoms with Gasteiger partial charge in [-0.1, -0.05) is 24.3 Å². The summed E-state index contributed by atoms with van der Waals surface area (Å²) in [6.07, 6.45) is 1.61. The number of nitrogens with zero attached hydrogens (tertiary/aromatic N) is 2. The van der Waals surface area contributed by atoms with Crippen molar-refractivity contribution in [2.24, 2.45) is 0 Å². The average molecular weight is 300 g/mol. The minimum Gasteiger partial charge on any atom is -0.491 e. The minimum absolute atomic E-state index is 0.0422. The van der Waals surface area contributed by atoms with Crippen LogP contribution in [-0.4, -0.2) is 35.6 Å². The van der Waals surface area contributed by atoms with Crippen LogP contribution < -0.4 is 10.3 Å². The van der Waals surface area contributed by atoms with Gasteiger partial charge in [-0.25, -0.2) is 0 Å². The summed E-state index contributed by atoms with van der Waals surface area (Å²) in [5.74, 6) is 0.698. The molecule has 0 unspecified atom stereocenters. The zero-order valence-corrected chi connectivity index (χ0v) is 12.9. The van der Waals surface area contributed by atoms with E-state index in [-0.39, 0.29) is 18.0 Å². The van der Waals surface area contributed by atoms with Gasteiger partial charge in [0.2, 0.25) is 5.91 Å². The number of hydrogen-bond acceptors (Lipinski definition) is 3. The molecule has 0 spiro atoms. The fourth-order valence-corrected chi connectivity index (χ4v) is 1.99. The van der Waals surface area contributed by atoms with E-state index in [0.717, 1.165) is 11.3 Å². The molecule has 0 bridgehead atoms. The lowest BCUT2D eigenvalue weighted by atomic mass is 10.2. The van der Waals surface area contributed by atoms with Gasteiger partial charge in [-0.2, -0.15) is 0 Å². The van der Waals surface area contributed by atoms with Gasteiger partial charge in [0, 0.05) is 19.3 Å². The van der Waals surface area contributed by atoms with E-state index in [9.17, 15) is 9.59 Å². The van der Waals surface area contributed by atoms with Crippen LogP contribution in [0.3, 0.4) is 0 Å². The quantitative estimate of drug-likeness (QED) is 0.816. The molecule has 116 valence electrons. The maximum Gasteiger partial charge on any atom is 0.250 e. The van der Waals surface area contributed by atoms with E-state index >= 15 is 0 Å². The topological polar surface area (TPSA) is 51.5 Å². The molecule has 0 atom stereocenters. The van der Waals surface area contributed by atoms with Gasteiger partial charge in [0.1, 0.15) is 18.9 Å². The third kappa shape index (κ3) is 4.22. The molecule has 0 saturated heterocycles. The minimum atomic E-state index is -0.180. The van der Waals surface area contributed by atoms with Gasteiger partial charge in [-0.3, -0.25) is 9.59 Å². The maximum atomic E-state index is 12.1. The molecule has 0 aliphatic heterocycles. The fraction of sp³-hybridized carbons (Fsp3) is 0.294. The molecule has 1 aromatic heterocycles. The molecular formula is C17H20N2O3. The van der Waals surface area contributed by atoms with Crippen LogP contribution in [0.2, 0.25) is 0 Å². The van der Waals surface area contributed by atoms with Crippen LogP contribution >= 0.6 is 0 Å². The van der Waals surface area contributed by atoms with Gasteiger partial charge in [-0.15, -0.1) is 0 Å². The molecule has 0 N–H and O–H groups in total. The van der Waals surface area contributed by atoms with Crippen molar-refractivity contribution in [3.63, 3.8) is 0 Å². The summed E-state index contributed by atoms with van der Waals surface area (Å²) in [5.41, 5.74) is 0.882. The van der Waals surface area contributed by atoms with Crippen LogP contribution in [-0.2, 0) is 11.3 Å². The maximum absolute atomic E-state index is 12.1. The number of amides is 1. The fourth-order valence-electron chi connectivity index (χ4n) is 1.99. The lowest BCUT2D eigenvalue weighted by Gasteiger charge is -2.18. The van der Waals surface area contributed by atoms with E-state index in [1.54, 1.807) is 30.3 Å². The Balaban J connectivity index is 1.83. The van der Waals surface area contributed by atoms with Crippen LogP contribution in [0.5, 0.6) is 5.75 Å². The number of para-hydroxylation sites is 1. The van der Waals surface area contributed by atoms with Crippen LogP contribution in [0.15, 0.2) is 53.5 Å². The standard InChI is InChI=1S/C17H20N2O3/c1-14-7-3-4-8-15(14)22-12-11-18(2)17(21)13-19-10-6-5-9-16(19)20/h3-10H,11-13H2,1-2H3. The number of aryl methyl sites for hydroxylation is 1. The monoisotopic (exact) mass is 300 g/mol. The van der Waals surface area contributed by atoms with E-state index in [1.807, 2.05) is 31.2 Å². The average Bonchev–Trinajstić information content (AvgIpc) is 2.51. The van der Waals surface area contributed by atoms with Crippen molar-refractivity contribution in [2.75, 3.05) is 20.2 Å². The van der Waals surface area contributed by atoms with Crippen LogP contribution in [0.4, 0.5) is 0 Å². The molecule has 2 rings (SSSR count). The summed E-state index contributed by atoms with van der Waals surface area (Å²) < 4.78 is 7.06. The summed E-state index contributed by atoms with van der Waals surface area (Å²) in [5, 5.41) is 0. The smallest absolute Gasteiger partial charge is 0.250 e. The van der Waals surface area contributed by atoms with Crippen LogP contribution in [0, 0.1) is 6.92 Å². The highest BCUT2D eigenvalue weighted by molar-refractivity contribution is 5.75. The lowest BCUT2D eigenvalue weighted by molar-refractivity contribution is -0.130. The van der Waals surface area contributed by atoms with E-state index in [1.165, 1.54) is 10.6 Å². The number of carbonyl (C=O) groups excluding carboxylic acids is 1. The lowest BCUT2D eigenvalue weighted by Crippen LogP contribution is -2.35. The van der Waals surface area contributed by atoms with Crippen molar-refractivity contribution < 1.29 is 9.53 Å². The van der Waals surface area contributed by atoms with Crippen molar-refractivity contribution in [1.82, 2.24) is 9.47 Å². The highest BCUT2D eigenvalue weighted by atomic mass is 16.5. The predicted octanol–water partition coefficient (Wildman–Crippen LogP) is 1.69. The Kier molecular flexibility index (Phi) is 5.36. The molecule has 1 heterocycles. The number of hydrogen-bond donors (Lipinski definition) is 0. The first-order valence-corrected chi connectivity index (χ1v) is 7.16. The molecule has 1 amide bonds. The molecule has 0 radical (unpaired) electrons. The number of benzene rings is 1. The molecular weight excluding hydrogens is 280 g/mol. The SMILES string of the molecule is Cc1ccccc1OCCN(C)C(=O)Cn1ccccc1=O. The third-order valence-corrected chi connectivity index (χ3v) is 3.41. The van der Waals surface area contributed by atoms with E-state index < -0.39 is 0 Å². The van der Waals surface area contributed by atoms with E-state index in [0.29, 0.717) is 13.2 Å². The Labute approximate surface area is 129 Å². The molecule has 5 heteroatoms. The van der Waals surface area contributed by atoms with Gasteiger partial charge in [-0.05, 0) is 24.6 Å². The third-order valence-electron chi connectivity index (χ3n) is 3.41. The molecule has 0 saturated carbocycles. The molecule has 5 nitrogen and oxygen atoms in total. The zero-order valence-electron chi connectivity index (χ0n) is 12.9. The van der Waals surface area contributed by atoms with Gasteiger partial charge in [0.15, 0.2) is 0 Å². The number of likely N-dealkylation sites (N-methyl/N-ethyl adjacent to an activating group) is 1. The van der Waals surface area contributed by atoms with Gasteiger partial charge in [0.25, 0.3) is 5.56 Å². The van der Waals surface area contributed by atoms with Crippen molar-refractivity contribution >= 4 is 5.91 Å². The number of pyridine rings is 1. The predicted molar refractivity (Wildman–Crippen MR) is 85.0 cm³/mol. The highest BCUT2D eigenvalue weighted by Crippen LogP contribution is 2.15. The van der Waals surface area contributed by atoms with Gasteiger partial charge < -0.3 is 14.2 Å². The summed E-state index contributed by atoms with van der Waals surface area (Å²) in [6, 6.07) is 12.6. The largest absolute Gasteiger partial charge is 0.491 e. The molecule has 0 aliphatic rings. The summed E-state index contributed by atoms with van der Waals surface area (Å²) in [6.45, 7) is 2.90. The number of aromatic nitrogens is 1. The van der Waals surface area contributed by atoms with Crippen LogP contribution in [0.1, 0.15) is 5.56 Å². The molecule has 0 fully saturated rings. The number of ether oxygens (including phenoxy) is 1. The first kappa shape index (κ1) is 15.8. The first-order valence-electron chi connectivity index (χ1n) is 7.16. The highest BCUT2D eigenvalue weighted by Gasteiger charge is 2.10. The normalized spacial score (nSPS) is 10.3. The van der Waals surface area contributed by atoms with Gasteiger partial charge >= 0.3 is 0 Å². The van der Waals surface area contributed by atoms with Gasteiger partial charge in [0.05, 0.1) is 6.54 Å². The van der Waals surface area contributed by atoms with Crippen LogP contribution in [0.25, 0.3) is 0 Å². The second kappa shape index (κ2) is 7.45. The Bertz CT molecular complexity index is 694. The second-order valence-corrected chi connectivity index (χ2v) is 5.10. The zero-order chi connectivity index (χ0) is 15.9. The molecule has 0 aliphatic carbocycles. The van der Waals surface area contributed by atoms with Crippen molar-refractivity contribution in [3.05, 3.63) is 64.6 Å². The van der Waals surface area contributed by atoms with E-state index in [4.69, 9.17) is 4.74 Å². The summed E-state index contributed by atoms with van der Waals surface area (Å²) in [4.78, 5) is 25.2. The second-order valence-electron chi connectivity index (χ2n) is 5.10. The van der Waals surface area contributed by atoms with E-state index in [2.05, 4.69) is 0 Å². The number of rotatable bonds is 6. The first-order chi connectivity index (χ1) is 10.6. The molecule has 2 aromatic rings. The number of carbonyl (C=O) groups is 1. The molecule has 22 heavy (non-hydrogen) atoms. The summed E-state index contributed by atoms with van der Waals surface area (Å²) in [7, 11) is 1.71.